The van der Waals surface area contributed by atoms with Gasteiger partial charge in [0.15, 0.2) is 0 Å². The molecule has 0 spiro atoms. The van der Waals surface area contributed by atoms with Gasteiger partial charge in [-0.05, 0) is 24.6 Å². The highest BCUT2D eigenvalue weighted by molar-refractivity contribution is 5.69. The molecule has 1 aromatic heterocycles. The molecule has 2 aromatic rings. The fourth-order valence-corrected chi connectivity index (χ4v) is 1.66. The lowest BCUT2D eigenvalue weighted by Gasteiger charge is -2.03. The van der Waals surface area contributed by atoms with Crippen LogP contribution in [0.2, 0.25) is 0 Å². The van der Waals surface area contributed by atoms with E-state index in [1.807, 2.05) is 0 Å². The van der Waals surface area contributed by atoms with E-state index in [9.17, 15) is 9.18 Å². The predicted octanol–water partition coefficient (Wildman–Crippen LogP) is 1.40. The molecule has 0 saturated carbocycles. The van der Waals surface area contributed by atoms with Crippen LogP contribution in [0.1, 0.15) is 17.0 Å². The molecule has 2 rings (SSSR count). The summed E-state index contributed by atoms with van der Waals surface area (Å²) in [6.07, 6.45) is -0.158. The number of benzene rings is 1. The quantitative estimate of drug-likeness (QED) is 0.889. The van der Waals surface area contributed by atoms with Gasteiger partial charge in [-0.2, -0.15) is 0 Å². The van der Waals surface area contributed by atoms with Gasteiger partial charge in [0.1, 0.15) is 5.82 Å². The van der Waals surface area contributed by atoms with Gasteiger partial charge >= 0.3 is 5.97 Å². The first-order valence-electron chi connectivity index (χ1n) is 5.41. The third-order valence-corrected chi connectivity index (χ3v) is 2.62. The Hall–Kier alpha value is -2.24. The third-order valence-electron chi connectivity index (χ3n) is 2.62. The zero-order chi connectivity index (χ0) is 13.1. The van der Waals surface area contributed by atoms with Gasteiger partial charge in [-0.3, -0.25) is 4.79 Å². The van der Waals surface area contributed by atoms with Crippen molar-refractivity contribution in [3.63, 3.8) is 0 Å². The number of carboxylic acid groups (broad SMARTS) is 1. The summed E-state index contributed by atoms with van der Waals surface area (Å²) < 4.78 is 14.6. The van der Waals surface area contributed by atoms with E-state index < -0.39 is 5.97 Å². The van der Waals surface area contributed by atoms with Crippen molar-refractivity contribution < 1.29 is 14.3 Å². The van der Waals surface area contributed by atoms with Crippen LogP contribution in [0.25, 0.3) is 0 Å². The zero-order valence-corrected chi connectivity index (χ0v) is 9.80. The van der Waals surface area contributed by atoms with E-state index in [-0.39, 0.29) is 12.2 Å². The van der Waals surface area contributed by atoms with Gasteiger partial charge < -0.3 is 5.11 Å². The second-order valence-electron chi connectivity index (χ2n) is 3.98. The van der Waals surface area contributed by atoms with Gasteiger partial charge in [-0.15, -0.1) is 5.10 Å². The summed E-state index contributed by atoms with van der Waals surface area (Å²) in [5, 5.41) is 16.4. The maximum atomic E-state index is 13.0. The minimum atomic E-state index is -0.948. The Morgan fingerprint density at radius 2 is 2.28 bits per heavy atom. The van der Waals surface area contributed by atoms with E-state index in [0.717, 1.165) is 5.56 Å². The van der Waals surface area contributed by atoms with E-state index in [0.29, 0.717) is 17.9 Å². The summed E-state index contributed by atoms with van der Waals surface area (Å²) in [4.78, 5) is 10.6. The predicted molar refractivity (Wildman–Crippen MR) is 61.6 cm³/mol. The molecule has 0 unspecified atom stereocenters. The number of hydrogen-bond acceptors (Lipinski definition) is 3. The third kappa shape index (κ3) is 2.71. The molecular weight excluding hydrogens is 237 g/mol. The average Bonchev–Trinajstić information content (AvgIpc) is 2.61. The largest absolute Gasteiger partial charge is 0.481 e. The van der Waals surface area contributed by atoms with Crippen LogP contribution in [0, 0.1) is 12.7 Å². The van der Waals surface area contributed by atoms with Gasteiger partial charge in [0.25, 0.3) is 0 Å². The molecule has 1 heterocycles. The van der Waals surface area contributed by atoms with Crippen molar-refractivity contribution in [2.45, 2.75) is 19.9 Å². The van der Waals surface area contributed by atoms with Crippen LogP contribution in [0.3, 0.4) is 0 Å². The maximum absolute atomic E-state index is 13.0. The van der Waals surface area contributed by atoms with Crippen molar-refractivity contribution in [1.82, 2.24) is 15.0 Å². The topological polar surface area (TPSA) is 68.0 Å². The molecule has 0 aliphatic rings. The van der Waals surface area contributed by atoms with Crippen molar-refractivity contribution in [3.05, 3.63) is 47.0 Å². The Kier molecular flexibility index (Phi) is 3.36. The monoisotopic (exact) mass is 249 g/mol. The molecule has 94 valence electrons. The summed E-state index contributed by atoms with van der Waals surface area (Å²) in [5.41, 5.74) is 1.87. The van der Waals surface area contributed by atoms with Gasteiger partial charge in [-0.1, -0.05) is 17.3 Å². The summed E-state index contributed by atoms with van der Waals surface area (Å²) >= 11 is 0. The van der Waals surface area contributed by atoms with Crippen LogP contribution < -0.4 is 0 Å². The summed E-state index contributed by atoms with van der Waals surface area (Å²) in [6.45, 7) is 2.12. The highest BCUT2D eigenvalue weighted by Gasteiger charge is 2.12. The Morgan fingerprint density at radius 3 is 2.94 bits per heavy atom. The van der Waals surface area contributed by atoms with Gasteiger partial charge in [0.2, 0.25) is 0 Å². The molecule has 6 heteroatoms. The van der Waals surface area contributed by atoms with Crippen LogP contribution in [-0.2, 0) is 17.8 Å². The molecule has 0 amide bonds. The van der Waals surface area contributed by atoms with Crippen LogP contribution in [0.5, 0.6) is 0 Å². The average molecular weight is 249 g/mol. The molecule has 18 heavy (non-hydrogen) atoms. The molecule has 0 saturated heterocycles. The number of nitrogens with zero attached hydrogens (tertiary/aromatic N) is 3. The number of rotatable bonds is 4. The first-order valence-corrected chi connectivity index (χ1v) is 5.41. The molecule has 0 atom stereocenters. The van der Waals surface area contributed by atoms with Crippen molar-refractivity contribution in [2.24, 2.45) is 0 Å². The van der Waals surface area contributed by atoms with E-state index >= 15 is 0 Å². The number of aromatic nitrogens is 3. The number of carbonyl (C=O) groups is 1. The Labute approximate surface area is 103 Å². The number of aliphatic carboxylic acids is 1. The Balaban J connectivity index is 2.20. The second kappa shape index (κ2) is 4.95. The number of carboxylic acids is 1. The van der Waals surface area contributed by atoms with E-state index in [1.165, 1.54) is 12.1 Å². The summed E-state index contributed by atoms with van der Waals surface area (Å²) in [6, 6.07) is 6.18. The van der Waals surface area contributed by atoms with E-state index in [2.05, 4.69) is 10.3 Å². The standard InChI is InChI=1S/C12H12FN3O2/c1-8-11(6-12(17)18)14-15-16(8)7-9-3-2-4-10(13)5-9/h2-5H,6-7H2,1H3,(H,17,18). The highest BCUT2D eigenvalue weighted by atomic mass is 19.1. The minimum absolute atomic E-state index is 0.158. The van der Waals surface area contributed by atoms with Gasteiger partial charge in [0.05, 0.1) is 24.4 Å². The molecule has 0 radical (unpaired) electrons. The lowest BCUT2D eigenvalue weighted by atomic mass is 10.2. The lowest BCUT2D eigenvalue weighted by Crippen LogP contribution is -2.06. The first kappa shape index (κ1) is 12.2. The van der Waals surface area contributed by atoms with Crippen molar-refractivity contribution in [2.75, 3.05) is 0 Å². The summed E-state index contributed by atoms with van der Waals surface area (Å²) in [5.74, 6) is -1.26. The normalized spacial score (nSPS) is 10.6. The van der Waals surface area contributed by atoms with Crippen molar-refractivity contribution in [1.29, 1.82) is 0 Å². The van der Waals surface area contributed by atoms with Crippen LogP contribution in [0.15, 0.2) is 24.3 Å². The SMILES string of the molecule is Cc1c(CC(=O)O)nnn1Cc1cccc(F)c1. The Morgan fingerprint density at radius 1 is 1.50 bits per heavy atom. The number of halogens is 1. The number of hydrogen-bond donors (Lipinski definition) is 1. The molecule has 0 bridgehead atoms. The first-order chi connectivity index (χ1) is 8.56. The summed E-state index contributed by atoms with van der Waals surface area (Å²) in [7, 11) is 0. The van der Waals surface area contributed by atoms with Crippen molar-refractivity contribution in [3.8, 4) is 0 Å². The molecule has 1 aromatic carbocycles. The van der Waals surface area contributed by atoms with E-state index in [4.69, 9.17) is 5.11 Å². The Bertz CT molecular complexity index is 580. The smallest absolute Gasteiger partial charge is 0.309 e. The maximum Gasteiger partial charge on any atom is 0.309 e. The fraction of sp³-hybridized carbons (Fsp3) is 0.250. The molecule has 1 N–H and O–H groups in total. The molecular formula is C12H12FN3O2. The lowest BCUT2D eigenvalue weighted by molar-refractivity contribution is -0.136. The fourth-order valence-electron chi connectivity index (χ4n) is 1.66. The van der Waals surface area contributed by atoms with E-state index in [1.54, 1.807) is 23.7 Å². The van der Waals surface area contributed by atoms with Crippen LogP contribution in [0.4, 0.5) is 4.39 Å². The van der Waals surface area contributed by atoms with Crippen LogP contribution >= 0.6 is 0 Å². The molecule has 0 aliphatic heterocycles. The molecule has 0 aliphatic carbocycles. The van der Waals surface area contributed by atoms with Crippen LogP contribution in [-0.4, -0.2) is 26.1 Å². The second-order valence-corrected chi connectivity index (χ2v) is 3.98. The van der Waals surface area contributed by atoms with Crippen molar-refractivity contribution >= 4 is 5.97 Å². The molecule has 5 nitrogen and oxygen atoms in total. The molecule has 0 fully saturated rings. The van der Waals surface area contributed by atoms with Gasteiger partial charge in [-0.25, -0.2) is 9.07 Å². The minimum Gasteiger partial charge on any atom is -0.481 e. The zero-order valence-electron chi connectivity index (χ0n) is 9.80. The van der Waals surface area contributed by atoms with Gasteiger partial charge in [0, 0.05) is 0 Å². The highest BCUT2D eigenvalue weighted by Crippen LogP contribution is 2.09.